The summed E-state index contributed by atoms with van der Waals surface area (Å²) >= 11 is 0. The van der Waals surface area contributed by atoms with Crippen LogP contribution in [0.5, 0.6) is 0 Å². The minimum atomic E-state index is -0.274. The molecule has 1 amide bonds. The van der Waals surface area contributed by atoms with Crippen LogP contribution in [0.2, 0.25) is 0 Å². The number of amides is 1. The molecule has 100 valence electrons. The summed E-state index contributed by atoms with van der Waals surface area (Å²) in [5.41, 5.74) is 1.46. The van der Waals surface area contributed by atoms with E-state index in [1.165, 1.54) is 0 Å². The van der Waals surface area contributed by atoms with Gasteiger partial charge in [-0.25, -0.2) is 0 Å². The average Bonchev–Trinajstić information content (AvgIpc) is 2.96. The molecule has 4 nitrogen and oxygen atoms in total. The lowest BCUT2D eigenvalue weighted by molar-refractivity contribution is 0.0727. The molecule has 1 aromatic carbocycles. The van der Waals surface area contributed by atoms with Crippen molar-refractivity contribution in [2.24, 2.45) is 0 Å². The van der Waals surface area contributed by atoms with Crippen LogP contribution in [-0.2, 0) is 4.74 Å². The van der Waals surface area contributed by atoms with E-state index < -0.39 is 0 Å². The van der Waals surface area contributed by atoms with Gasteiger partial charge < -0.3 is 15.0 Å². The van der Waals surface area contributed by atoms with E-state index in [0.29, 0.717) is 12.2 Å². The summed E-state index contributed by atoms with van der Waals surface area (Å²) in [6.45, 7) is 4.74. The summed E-state index contributed by atoms with van der Waals surface area (Å²) in [6.07, 6.45) is 2.78. The van der Waals surface area contributed by atoms with Crippen LogP contribution in [0.25, 0.3) is 10.9 Å². The molecule has 3 rings (SSSR count). The number of H-pyrrole nitrogens is 1. The number of hydrogen-bond acceptors (Lipinski definition) is 2. The fraction of sp³-hybridized carbons (Fsp3) is 0.400. The number of ether oxygens (including phenoxy) is 1. The van der Waals surface area contributed by atoms with Crippen molar-refractivity contribution < 1.29 is 9.53 Å². The lowest BCUT2D eigenvalue weighted by atomic mass is 9.94. The van der Waals surface area contributed by atoms with Gasteiger partial charge in [-0.05, 0) is 44.5 Å². The number of rotatable bonds is 2. The number of fused-ring (bicyclic) bond motifs is 1. The molecular formula is C15H18N2O2. The molecule has 0 spiro atoms. The molecule has 4 heteroatoms. The maximum Gasteiger partial charge on any atom is 0.251 e. The molecule has 2 N–H and O–H groups in total. The SMILES string of the molecule is CC1OCCC1(C)NC(=O)c1ccc2[nH]ccc2c1. The zero-order valence-electron chi connectivity index (χ0n) is 11.2. The van der Waals surface area contributed by atoms with Crippen LogP contribution >= 0.6 is 0 Å². The first-order valence-electron chi connectivity index (χ1n) is 6.60. The second kappa shape index (κ2) is 4.38. The third kappa shape index (κ3) is 2.12. The molecule has 0 bridgehead atoms. The standard InChI is InChI=1S/C15H18N2O2/c1-10-15(2,6-8-19-10)17-14(18)12-3-4-13-11(9-12)5-7-16-13/h3-5,7,9-10,16H,6,8H2,1-2H3,(H,17,18). The van der Waals surface area contributed by atoms with Gasteiger partial charge in [0.05, 0.1) is 11.6 Å². The number of benzene rings is 1. The van der Waals surface area contributed by atoms with Crippen molar-refractivity contribution in [1.29, 1.82) is 0 Å². The topological polar surface area (TPSA) is 54.1 Å². The maximum atomic E-state index is 12.3. The Morgan fingerprint density at radius 3 is 3.05 bits per heavy atom. The Labute approximate surface area is 112 Å². The molecule has 0 saturated carbocycles. The van der Waals surface area contributed by atoms with E-state index in [1.807, 2.05) is 44.3 Å². The summed E-state index contributed by atoms with van der Waals surface area (Å²) in [6, 6.07) is 7.65. The Morgan fingerprint density at radius 1 is 1.47 bits per heavy atom. The summed E-state index contributed by atoms with van der Waals surface area (Å²) < 4.78 is 5.54. The summed E-state index contributed by atoms with van der Waals surface area (Å²) in [4.78, 5) is 15.5. The van der Waals surface area contributed by atoms with Gasteiger partial charge in [-0.2, -0.15) is 0 Å². The lowest BCUT2D eigenvalue weighted by Gasteiger charge is -2.28. The van der Waals surface area contributed by atoms with Crippen molar-refractivity contribution in [3.8, 4) is 0 Å². The van der Waals surface area contributed by atoms with Crippen molar-refractivity contribution in [3.05, 3.63) is 36.0 Å². The molecule has 0 aliphatic carbocycles. The number of carbonyl (C=O) groups is 1. The Bertz CT molecular complexity index is 619. The fourth-order valence-corrected chi connectivity index (χ4v) is 2.53. The summed E-state index contributed by atoms with van der Waals surface area (Å²) in [5, 5.41) is 4.15. The van der Waals surface area contributed by atoms with Crippen LogP contribution in [0.15, 0.2) is 30.5 Å². The van der Waals surface area contributed by atoms with Gasteiger partial charge in [-0.3, -0.25) is 4.79 Å². The number of hydrogen-bond donors (Lipinski definition) is 2. The van der Waals surface area contributed by atoms with E-state index in [-0.39, 0.29) is 17.6 Å². The molecule has 1 aliphatic heterocycles. The van der Waals surface area contributed by atoms with Gasteiger partial charge in [0.1, 0.15) is 0 Å². The number of aromatic nitrogens is 1. The van der Waals surface area contributed by atoms with E-state index in [4.69, 9.17) is 4.74 Å². The van der Waals surface area contributed by atoms with Crippen molar-refractivity contribution in [3.63, 3.8) is 0 Å². The minimum absolute atomic E-state index is 0.0389. The summed E-state index contributed by atoms with van der Waals surface area (Å²) in [5.74, 6) is -0.0389. The molecule has 0 radical (unpaired) electrons. The van der Waals surface area contributed by atoms with Crippen LogP contribution < -0.4 is 5.32 Å². The summed E-state index contributed by atoms with van der Waals surface area (Å²) in [7, 11) is 0. The lowest BCUT2D eigenvalue weighted by Crippen LogP contribution is -2.50. The second-order valence-electron chi connectivity index (χ2n) is 5.41. The van der Waals surface area contributed by atoms with Crippen LogP contribution in [-0.4, -0.2) is 29.1 Å². The maximum absolute atomic E-state index is 12.3. The molecular weight excluding hydrogens is 240 g/mol. The first-order valence-corrected chi connectivity index (χ1v) is 6.60. The molecule has 2 aromatic rings. The monoisotopic (exact) mass is 258 g/mol. The van der Waals surface area contributed by atoms with Crippen molar-refractivity contribution in [1.82, 2.24) is 10.3 Å². The third-order valence-electron chi connectivity index (χ3n) is 4.10. The minimum Gasteiger partial charge on any atom is -0.376 e. The van der Waals surface area contributed by atoms with Gasteiger partial charge >= 0.3 is 0 Å². The van der Waals surface area contributed by atoms with E-state index in [0.717, 1.165) is 17.3 Å². The van der Waals surface area contributed by atoms with E-state index in [2.05, 4.69) is 10.3 Å². The fourth-order valence-electron chi connectivity index (χ4n) is 2.53. The van der Waals surface area contributed by atoms with Gasteiger partial charge in [-0.15, -0.1) is 0 Å². The van der Waals surface area contributed by atoms with Crippen LogP contribution in [0, 0.1) is 0 Å². The van der Waals surface area contributed by atoms with E-state index in [1.54, 1.807) is 0 Å². The first kappa shape index (κ1) is 12.2. The molecule has 19 heavy (non-hydrogen) atoms. The van der Waals surface area contributed by atoms with Gasteiger partial charge in [0, 0.05) is 29.3 Å². The Hall–Kier alpha value is -1.81. The zero-order valence-corrected chi connectivity index (χ0v) is 11.2. The second-order valence-corrected chi connectivity index (χ2v) is 5.41. The highest BCUT2D eigenvalue weighted by molar-refractivity contribution is 5.98. The Balaban J connectivity index is 1.83. The predicted molar refractivity (Wildman–Crippen MR) is 74.2 cm³/mol. The number of aromatic amines is 1. The van der Waals surface area contributed by atoms with Gasteiger partial charge in [-0.1, -0.05) is 0 Å². The van der Waals surface area contributed by atoms with Gasteiger partial charge in [0.2, 0.25) is 0 Å². The largest absolute Gasteiger partial charge is 0.376 e. The molecule has 2 heterocycles. The molecule has 1 aliphatic rings. The molecule has 2 atom stereocenters. The molecule has 1 fully saturated rings. The Morgan fingerprint density at radius 2 is 2.32 bits per heavy atom. The van der Waals surface area contributed by atoms with Crippen molar-refractivity contribution >= 4 is 16.8 Å². The van der Waals surface area contributed by atoms with Crippen molar-refractivity contribution in [2.75, 3.05) is 6.61 Å². The highest BCUT2D eigenvalue weighted by Crippen LogP contribution is 2.25. The molecule has 1 saturated heterocycles. The quantitative estimate of drug-likeness (QED) is 0.869. The predicted octanol–water partition coefficient (Wildman–Crippen LogP) is 2.47. The molecule has 1 aromatic heterocycles. The average molecular weight is 258 g/mol. The zero-order chi connectivity index (χ0) is 13.5. The van der Waals surface area contributed by atoms with Gasteiger partial charge in [0.25, 0.3) is 5.91 Å². The first-order chi connectivity index (χ1) is 9.08. The number of nitrogens with one attached hydrogen (secondary N) is 2. The Kier molecular flexibility index (Phi) is 2.82. The third-order valence-corrected chi connectivity index (χ3v) is 4.10. The highest BCUT2D eigenvalue weighted by Gasteiger charge is 2.38. The number of carbonyl (C=O) groups excluding carboxylic acids is 1. The highest BCUT2D eigenvalue weighted by atomic mass is 16.5. The van der Waals surface area contributed by atoms with E-state index >= 15 is 0 Å². The molecule has 2 unspecified atom stereocenters. The van der Waals surface area contributed by atoms with E-state index in [9.17, 15) is 4.79 Å². The van der Waals surface area contributed by atoms with Crippen LogP contribution in [0.4, 0.5) is 0 Å². The van der Waals surface area contributed by atoms with Crippen molar-refractivity contribution in [2.45, 2.75) is 31.9 Å². The smallest absolute Gasteiger partial charge is 0.251 e. The van der Waals surface area contributed by atoms with Crippen LogP contribution in [0.1, 0.15) is 30.6 Å². The normalized spacial score (nSPS) is 26.7. The van der Waals surface area contributed by atoms with Crippen LogP contribution in [0.3, 0.4) is 0 Å². The van der Waals surface area contributed by atoms with Gasteiger partial charge in [0.15, 0.2) is 0 Å².